The van der Waals surface area contributed by atoms with E-state index in [9.17, 15) is 18.6 Å². The molecular weight excluding hydrogens is 536 g/mol. The minimum Gasteiger partial charge on any atom is -0.390 e. The van der Waals surface area contributed by atoms with Crippen molar-refractivity contribution in [3.8, 4) is 10.6 Å². The molecule has 0 aromatic carbocycles. The minimum absolute atomic E-state index is 0.196. The number of nitrogens with zero attached hydrogens (tertiary/aromatic N) is 4. The molecule has 3 aromatic rings. The molecule has 5 atom stereocenters. The maximum atomic E-state index is 12.9. The number of aliphatic hydroxyl groups is 2. The summed E-state index contributed by atoms with van der Waals surface area (Å²) in [6.07, 6.45) is 2.08. The van der Waals surface area contributed by atoms with Crippen LogP contribution in [0.1, 0.15) is 58.3 Å². The van der Waals surface area contributed by atoms with Crippen LogP contribution >= 0.6 is 11.3 Å². The van der Waals surface area contributed by atoms with Crippen molar-refractivity contribution in [1.29, 1.82) is 0 Å². The number of nitrogens with one attached hydrogen (secondary N) is 2. The van der Waals surface area contributed by atoms with Gasteiger partial charge in [0.15, 0.2) is 9.84 Å². The fourth-order valence-electron chi connectivity index (χ4n) is 5.14. The first kappa shape index (κ1) is 28.1. The van der Waals surface area contributed by atoms with Crippen molar-refractivity contribution >= 4 is 43.2 Å². The lowest BCUT2D eigenvalue weighted by atomic mass is 10.1. The van der Waals surface area contributed by atoms with E-state index in [2.05, 4.69) is 22.5 Å². The number of hydrogen-bond donors (Lipinski definition) is 4. The number of pyridine rings is 1. The summed E-state index contributed by atoms with van der Waals surface area (Å²) in [6.45, 7) is 10.9. The molecule has 4 N–H and O–H groups in total. The molecule has 0 saturated heterocycles. The molecule has 10 nitrogen and oxygen atoms in total. The molecule has 2 aliphatic carbocycles. The number of aryl methyl sites for hydroxylation is 2. The zero-order valence-electron chi connectivity index (χ0n) is 23.3. The number of rotatable bonds is 8. The van der Waals surface area contributed by atoms with Gasteiger partial charge in [0.2, 0.25) is 5.95 Å². The molecule has 2 saturated carbocycles. The van der Waals surface area contributed by atoms with Crippen molar-refractivity contribution in [3.05, 3.63) is 23.7 Å². The highest BCUT2D eigenvalue weighted by Gasteiger charge is 2.45. The van der Waals surface area contributed by atoms with E-state index in [4.69, 9.17) is 15.0 Å². The van der Waals surface area contributed by atoms with Gasteiger partial charge in [-0.05, 0) is 72.8 Å². The molecule has 212 valence electrons. The number of aliphatic hydroxyl groups excluding tert-OH is 2. The van der Waals surface area contributed by atoms with E-state index in [0.29, 0.717) is 23.2 Å². The summed E-state index contributed by atoms with van der Waals surface area (Å²) < 4.78 is 25.8. The van der Waals surface area contributed by atoms with Crippen molar-refractivity contribution in [3.63, 3.8) is 0 Å². The van der Waals surface area contributed by atoms with E-state index in [0.717, 1.165) is 26.6 Å². The molecule has 5 rings (SSSR count). The molecule has 3 heterocycles. The van der Waals surface area contributed by atoms with Gasteiger partial charge in [-0.15, -0.1) is 11.3 Å². The zero-order valence-corrected chi connectivity index (χ0v) is 24.9. The standard InChI is InChI=1S/C27H38N6O4S2/c1-13(16-7-8-16)29-26-30-14(2)20(25-32-21-15(3)28-10-9-19(21)38-25)24(33-26)31-18-11-17(22(34)23(18)35)12-39(36,37)27(4,5)6/h9-10,13,16-18,22-23,34-35H,7-8,11-12H2,1-6H3,(H2,29,30,31,33)/t13-,17-,18-,22-,23+/m1/s1. The molecule has 0 amide bonds. The Labute approximate surface area is 233 Å². The number of fused-ring (bicyclic) bond motifs is 1. The Kier molecular flexibility index (Phi) is 7.36. The van der Waals surface area contributed by atoms with Gasteiger partial charge in [0.05, 0.1) is 44.3 Å². The fraction of sp³-hybridized carbons (Fsp3) is 0.630. The van der Waals surface area contributed by atoms with Gasteiger partial charge in [-0.25, -0.2) is 18.4 Å². The van der Waals surface area contributed by atoms with Crippen LogP contribution in [0.4, 0.5) is 11.8 Å². The molecule has 0 unspecified atom stereocenters. The third kappa shape index (κ3) is 5.61. The Morgan fingerprint density at radius 1 is 1.10 bits per heavy atom. The largest absolute Gasteiger partial charge is 0.390 e. The first-order valence-electron chi connectivity index (χ1n) is 13.5. The number of anilines is 2. The molecular formula is C27H38N6O4S2. The lowest BCUT2D eigenvalue weighted by Crippen LogP contribution is -2.38. The first-order valence-corrected chi connectivity index (χ1v) is 15.9. The second-order valence-corrected chi connectivity index (χ2v) is 15.8. The Bertz CT molecular complexity index is 1480. The fourth-order valence-corrected chi connectivity index (χ4v) is 7.65. The van der Waals surface area contributed by atoms with Gasteiger partial charge in [-0.2, -0.15) is 4.98 Å². The van der Waals surface area contributed by atoms with Gasteiger partial charge < -0.3 is 20.8 Å². The van der Waals surface area contributed by atoms with E-state index in [1.807, 2.05) is 19.9 Å². The third-order valence-corrected chi connectivity index (χ3v) is 11.7. The smallest absolute Gasteiger partial charge is 0.225 e. The van der Waals surface area contributed by atoms with Crippen molar-refractivity contribution in [2.45, 2.75) is 89.8 Å². The highest BCUT2D eigenvalue weighted by molar-refractivity contribution is 7.92. The summed E-state index contributed by atoms with van der Waals surface area (Å²) >= 11 is 1.52. The number of sulfone groups is 1. The van der Waals surface area contributed by atoms with Gasteiger partial charge in [0, 0.05) is 18.2 Å². The molecule has 3 aromatic heterocycles. The SMILES string of the molecule is Cc1nc(N[C@H](C)C2CC2)nc(N[C@@H]2C[C@H](CS(=O)(=O)C(C)(C)C)[C@@H](O)[C@H]2O)c1-c1nc2c(C)nccc2s1. The lowest BCUT2D eigenvalue weighted by Gasteiger charge is -2.23. The van der Waals surface area contributed by atoms with Crippen LogP contribution in [0.25, 0.3) is 20.8 Å². The van der Waals surface area contributed by atoms with Crippen molar-refractivity contribution in [2.24, 2.45) is 11.8 Å². The summed E-state index contributed by atoms with van der Waals surface area (Å²) in [4.78, 5) is 18.8. The predicted molar refractivity (Wildman–Crippen MR) is 155 cm³/mol. The maximum absolute atomic E-state index is 12.9. The van der Waals surface area contributed by atoms with E-state index >= 15 is 0 Å². The van der Waals surface area contributed by atoms with Gasteiger partial charge >= 0.3 is 0 Å². The summed E-state index contributed by atoms with van der Waals surface area (Å²) in [7, 11) is -3.48. The van der Waals surface area contributed by atoms with Crippen LogP contribution in [0.15, 0.2) is 12.3 Å². The quantitative estimate of drug-likeness (QED) is 0.313. The second kappa shape index (κ2) is 10.2. The molecule has 2 aliphatic rings. The summed E-state index contributed by atoms with van der Waals surface area (Å²) in [5.41, 5.74) is 3.09. The Morgan fingerprint density at radius 3 is 2.46 bits per heavy atom. The lowest BCUT2D eigenvalue weighted by molar-refractivity contribution is 0.0216. The number of thiazole rings is 1. The van der Waals surface area contributed by atoms with Crippen molar-refractivity contribution in [1.82, 2.24) is 19.9 Å². The molecule has 0 radical (unpaired) electrons. The molecule has 0 aliphatic heterocycles. The third-order valence-electron chi connectivity index (χ3n) is 7.97. The van der Waals surface area contributed by atoms with E-state index in [1.54, 1.807) is 27.0 Å². The Hall–Kier alpha value is -2.41. The van der Waals surface area contributed by atoms with Crippen LogP contribution in [0.2, 0.25) is 0 Å². The van der Waals surface area contributed by atoms with Crippen LogP contribution in [-0.4, -0.2) is 73.4 Å². The second-order valence-electron chi connectivity index (χ2n) is 12.0. The monoisotopic (exact) mass is 574 g/mol. The highest BCUT2D eigenvalue weighted by atomic mass is 32.2. The number of hydrogen-bond acceptors (Lipinski definition) is 11. The average Bonchev–Trinajstić information content (AvgIpc) is 3.55. The summed E-state index contributed by atoms with van der Waals surface area (Å²) in [5.74, 6) is 0.780. The first-order chi connectivity index (χ1) is 18.2. The van der Waals surface area contributed by atoms with E-state index in [-0.39, 0.29) is 18.2 Å². The maximum Gasteiger partial charge on any atom is 0.225 e. The van der Waals surface area contributed by atoms with Crippen LogP contribution in [0.3, 0.4) is 0 Å². The zero-order chi connectivity index (χ0) is 28.3. The van der Waals surface area contributed by atoms with Gasteiger partial charge in [-0.1, -0.05) is 0 Å². The average molecular weight is 575 g/mol. The van der Waals surface area contributed by atoms with Gasteiger partial charge in [0.1, 0.15) is 22.4 Å². The van der Waals surface area contributed by atoms with E-state index < -0.39 is 38.8 Å². The van der Waals surface area contributed by atoms with Crippen molar-refractivity contribution < 1.29 is 18.6 Å². The minimum atomic E-state index is -3.48. The van der Waals surface area contributed by atoms with Crippen LogP contribution in [0, 0.1) is 25.7 Å². The topological polar surface area (TPSA) is 150 Å². The molecule has 2 fully saturated rings. The summed E-state index contributed by atoms with van der Waals surface area (Å²) in [5, 5.41) is 29.3. The summed E-state index contributed by atoms with van der Waals surface area (Å²) in [6, 6.07) is 1.56. The molecule has 0 bridgehead atoms. The van der Waals surface area contributed by atoms with E-state index in [1.165, 1.54) is 24.2 Å². The van der Waals surface area contributed by atoms with Crippen LogP contribution < -0.4 is 10.6 Å². The molecule has 39 heavy (non-hydrogen) atoms. The number of aromatic nitrogens is 4. The highest BCUT2D eigenvalue weighted by Crippen LogP contribution is 2.40. The van der Waals surface area contributed by atoms with Crippen molar-refractivity contribution in [2.75, 3.05) is 16.4 Å². The Morgan fingerprint density at radius 2 is 1.82 bits per heavy atom. The molecule has 0 spiro atoms. The molecule has 12 heteroatoms. The van der Waals surface area contributed by atoms with Gasteiger partial charge in [0.25, 0.3) is 0 Å². The normalized spacial score (nSPS) is 24.7. The van der Waals surface area contributed by atoms with Crippen LogP contribution in [0.5, 0.6) is 0 Å². The Balaban J connectivity index is 1.50. The van der Waals surface area contributed by atoms with Crippen LogP contribution in [-0.2, 0) is 9.84 Å². The predicted octanol–water partition coefficient (Wildman–Crippen LogP) is 3.71. The van der Waals surface area contributed by atoms with Gasteiger partial charge in [-0.3, -0.25) is 4.98 Å².